The molecule has 5 rings (SSSR count). The predicted molar refractivity (Wildman–Crippen MR) is 167 cm³/mol. The van der Waals surface area contributed by atoms with Gasteiger partial charge in [-0.05, 0) is 85.1 Å². The summed E-state index contributed by atoms with van der Waals surface area (Å²) in [6.07, 6.45) is -0.557. The Morgan fingerprint density at radius 3 is 1.60 bits per heavy atom. The molecule has 0 aliphatic rings. The average molecular weight is 701 g/mol. The minimum Gasteiger partial charge on any atom is -0.857 e. The summed E-state index contributed by atoms with van der Waals surface area (Å²) in [6, 6.07) is 22.0. The molecule has 18 nitrogen and oxygen atoms in total. The first-order valence-corrected chi connectivity index (χ1v) is 13.2. The first kappa shape index (κ1) is 42.6. The topological polar surface area (TPSA) is 239 Å². The SMILES string of the molecule is CN(O)C(=O)Nc1ccc(-n2[nH]nnc2=S)cc1.CNO.C[O-].F.O=C(Nc1ccc(-n2[nH]nnc2=S)cc1)Oc1ccccc1.[Na+]. The van der Waals surface area contributed by atoms with Gasteiger partial charge in [0.25, 0.3) is 0 Å². The number of hydrogen-bond donors (Lipinski definition) is 7. The quantitative estimate of drug-likeness (QED) is 0.0547. The van der Waals surface area contributed by atoms with E-state index in [9.17, 15) is 9.59 Å². The first-order valence-electron chi connectivity index (χ1n) is 12.4. The van der Waals surface area contributed by atoms with Gasteiger partial charge in [-0.2, -0.15) is 17.5 Å². The van der Waals surface area contributed by atoms with Gasteiger partial charge in [-0.25, -0.2) is 29.5 Å². The number of rotatable bonds is 5. The van der Waals surface area contributed by atoms with Gasteiger partial charge in [0.1, 0.15) is 5.75 Å². The molecule has 22 heteroatoms. The normalized spacial score (nSPS) is 9.15. The van der Waals surface area contributed by atoms with Gasteiger partial charge < -0.3 is 20.4 Å². The minimum absolute atomic E-state index is 0. The fraction of sp³-hybridized carbons (Fsp3) is 0.120. The van der Waals surface area contributed by atoms with E-state index in [0.717, 1.165) is 18.5 Å². The summed E-state index contributed by atoms with van der Waals surface area (Å²) in [4.78, 5) is 23.0. The van der Waals surface area contributed by atoms with Gasteiger partial charge in [0.05, 0.1) is 11.4 Å². The Labute approximate surface area is 298 Å². The number of nitrogens with zero attached hydrogens (tertiary/aromatic N) is 7. The Bertz CT molecular complexity index is 1720. The fourth-order valence-electron chi connectivity index (χ4n) is 3.06. The van der Waals surface area contributed by atoms with Crippen LogP contribution in [0.25, 0.3) is 11.4 Å². The summed E-state index contributed by atoms with van der Waals surface area (Å²) in [5.74, 6) is 0.478. The molecule has 0 aliphatic heterocycles. The number of carbonyl (C=O) groups is 2. The Hall–Kier alpha value is -4.45. The summed E-state index contributed by atoms with van der Waals surface area (Å²) in [6.45, 7) is 0. The van der Waals surface area contributed by atoms with Crippen LogP contribution in [0, 0.1) is 9.54 Å². The molecule has 5 aromatic rings. The van der Waals surface area contributed by atoms with Gasteiger partial charge in [-0.1, -0.05) is 38.8 Å². The number of para-hydroxylation sites is 1. The number of hydroxylamine groups is 3. The molecule has 0 saturated heterocycles. The number of benzene rings is 3. The molecule has 0 radical (unpaired) electrons. The zero-order valence-electron chi connectivity index (χ0n) is 25.4. The number of aromatic amines is 2. The third-order valence-electron chi connectivity index (χ3n) is 4.94. The van der Waals surface area contributed by atoms with Crippen molar-refractivity contribution in [2.45, 2.75) is 0 Å². The molecule has 0 aliphatic carbocycles. The van der Waals surface area contributed by atoms with Crippen molar-refractivity contribution >= 4 is 47.9 Å². The van der Waals surface area contributed by atoms with E-state index in [2.05, 4.69) is 41.7 Å². The number of halogens is 1. The second-order valence-electron chi connectivity index (χ2n) is 7.93. The van der Waals surface area contributed by atoms with Crippen LogP contribution >= 0.6 is 24.4 Å². The van der Waals surface area contributed by atoms with Gasteiger partial charge in [-0.15, -0.1) is 0 Å². The molecule has 0 saturated carbocycles. The molecule has 0 spiro atoms. The summed E-state index contributed by atoms with van der Waals surface area (Å²) in [7, 11) is 3.42. The number of hydrogen-bond acceptors (Lipinski definition) is 13. The number of aromatic nitrogens is 8. The third-order valence-corrected chi connectivity index (χ3v) is 5.47. The van der Waals surface area contributed by atoms with Crippen molar-refractivity contribution in [1.29, 1.82) is 0 Å². The molecular weight excluding hydrogens is 670 g/mol. The Morgan fingerprint density at radius 2 is 1.23 bits per heavy atom. The number of ether oxygens (including phenoxy) is 1. The first-order chi connectivity index (χ1) is 21.7. The molecule has 47 heavy (non-hydrogen) atoms. The van der Waals surface area contributed by atoms with Crippen molar-refractivity contribution in [2.75, 3.05) is 31.8 Å². The van der Waals surface area contributed by atoms with Gasteiger partial charge >= 0.3 is 41.7 Å². The van der Waals surface area contributed by atoms with Gasteiger partial charge in [0, 0.05) is 25.5 Å². The molecule has 7 N–H and O–H groups in total. The van der Waals surface area contributed by atoms with Crippen molar-refractivity contribution in [3.05, 3.63) is 88.4 Å². The summed E-state index contributed by atoms with van der Waals surface area (Å²) in [5, 5.41) is 49.9. The van der Waals surface area contributed by atoms with Gasteiger partial charge in [-0.3, -0.25) is 15.2 Å². The van der Waals surface area contributed by atoms with E-state index in [1.807, 2.05) is 6.07 Å². The van der Waals surface area contributed by atoms with E-state index < -0.39 is 12.1 Å². The average Bonchev–Trinajstić information content (AvgIpc) is 3.68. The number of urea groups is 1. The molecule has 0 bridgehead atoms. The van der Waals surface area contributed by atoms with Crippen molar-refractivity contribution < 1.29 is 64.1 Å². The summed E-state index contributed by atoms with van der Waals surface area (Å²) in [5.41, 5.74) is 4.39. The number of anilines is 2. The second-order valence-corrected chi connectivity index (χ2v) is 8.66. The van der Waals surface area contributed by atoms with Crippen LogP contribution in [-0.2, 0) is 0 Å². The van der Waals surface area contributed by atoms with Crippen molar-refractivity contribution in [1.82, 2.24) is 51.0 Å². The zero-order chi connectivity index (χ0) is 33.2. The maximum Gasteiger partial charge on any atom is 1.00 e. The summed E-state index contributed by atoms with van der Waals surface area (Å²) < 4.78 is 8.83. The van der Waals surface area contributed by atoms with E-state index in [4.69, 9.17) is 44.7 Å². The van der Waals surface area contributed by atoms with Gasteiger partial charge in [0.15, 0.2) is 0 Å². The number of tetrazole rings is 2. The number of carbonyl (C=O) groups excluding carboxylic acids is 2. The molecule has 3 aromatic carbocycles. The Balaban J connectivity index is 0.000000774. The fourth-order valence-corrected chi connectivity index (χ4v) is 3.44. The maximum atomic E-state index is 11.8. The molecular formula is C25H30FN12NaO6S2. The van der Waals surface area contributed by atoms with Crippen LogP contribution < -0.4 is 55.5 Å². The zero-order valence-corrected chi connectivity index (χ0v) is 29.0. The molecule has 0 fully saturated rings. The van der Waals surface area contributed by atoms with Gasteiger partial charge in [0.2, 0.25) is 9.54 Å². The molecule has 3 amide bonds. The second kappa shape index (κ2) is 23.0. The standard InChI is InChI=1S/C14H11N5O2S.C9H10N6O2S.CH5NO.CH3O.FH.Na/c20-14(21-12-4-2-1-3-5-12)15-10-6-8-11(9-7-10)19-13(22)16-17-18-19;1-14(17)8(16)10-6-2-4-7(5-3-6)15-9(18)11-12-13-15;1-2-3;1-2;;/h1-9H,(H,15,20)(H,16,18,22);2-5,17H,1H3,(H,10,16)(H,11,13,18);2-3H,1H3;1H3;1H;/q;;;-1;;+1. The summed E-state index contributed by atoms with van der Waals surface area (Å²) >= 11 is 9.96. The molecule has 0 unspecified atom stereocenters. The van der Waals surface area contributed by atoms with E-state index in [1.165, 1.54) is 18.8 Å². The van der Waals surface area contributed by atoms with Crippen LogP contribution in [-0.4, -0.2) is 89.2 Å². The number of amides is 3. The van der Waals surface area contributed by atoms with Crippen molar-refractivity contribution in [3.63, 3.8) is 0 Å². The molecule has 246 valence electrons. The van der Waals surface area contributed by atoms with Crippen LogP contribution in [0.1, 0.15) is 0 Å². The van der Waals surface area contributed by atoms with Crippen LogP contribution in [0.5, 0.6) is 5.75 Å². The minimum atomic E-state index is -0.623. The predicted octanol–water partition coefficient (Wildman–Crippen LogP) is -0.158. The molecule has 2 heterocycles. The monoisotopic (exact) mass is 700 g/mol. The van der Waals surface area contributed by atoms with Crippen LogP contribution in [0.15, 0.2) is 78.9 Å². The van der Waals surface area contributed by atoms with Crippen LogP contribution in [0.2, 0.25) is 0 Å². The van der Waals surface area contributed by atoms with Crippen molar-refractivity contribution in [2.24, 2.45) is 0 Å². The molecule has 2 aromatic heterocycles. The van der Waals surface area contributed by atoms with Crippen molar-refractivity contribution in [3.8, 4) is 17.1 Å². The maximum absolute atomic E-state index is 11.8. The Kier molecular flexibility index (Phi) is 20.8. The van der Waals surface area contributed by atoms with E-state index >= 15 is 0 Å². The smallest absolute Gasteiger partial charge is 0.857 e. The van der Waals surface area contributed by atoms with Crippen LogP contribution in [0.3, 0.4) is 0 Å². The largest absolute Gasteiger partial charge is 1.00 e. The molecule has 0 atom stereocenters. The number of H-pyrrole nitrogens is 2. The Morgan fingerprint density at radius 1 is 0.830 bits per heavy atom. The van der Waals surface area contributed by atoms with Crippen LogP contribution in [0.4, 0.5) is 25.7 Å². The van der Waals surface area contributed by atoms with E-state index in [1.54, 1.807) is 83.0 Å². The van der Waals surface area contributed by atoms with E-state index in [-0.39, 0.29) is 34.3 Å². The third kappa shape index (κ3) is 14.2. The van der Waals surface area contributed by atoms with E-state index in [0.29, 0.717) is 31.7 Å². The number of nitrogens with one attached hydrogen (secondary N) is 5.